The van der Waals surface area contributed by atoms with E-state index in [-0.39, 0.29) is 35.8 Å². The van der Waals surface area contributed by atoms with Gasteiger partial charge >= 0.3 is 5.69 Å². The van der Waals surface area contributed by atoms with Crippen molar-refractivity contribution in [1.82, 2.24) is 20.0 Å². The number of halogens is 1. The topological polar surface area (TPSA) is 97.8 Å². The molecule has 1 N–H and O–H groups in total. The van der Waals surface area contributed by atoms with Crippen LogP contribution in [-0.2, 0) is 11.3 Å². The second-order valence-corrected chi connectivity index (χ2v) is 6.62. The minimum Gasteiger partial charge on any atom is -0.370 e. The number of rotatable bonds is 6. The third kappa shape index (κ3) is 6.13. The number of hydrogen-bond acceptors (Lipinski definition) is 5. The molecule has 0 saturated carbocycles. The molecule has 1 unspecified atom stereocenters. The average Bonchev–Trinajstić information content (AvgIpc) is 3.17. The number of aromatic nitrogens is 2. The minimum atomic E-state index is -0.448. The highest BCUT2D eigenvalue weighted by molar-refractivity contribution is 14.0. The van der Waals surface area contributed by atoms with Crippen molar-refractivity contribution in [3.63, 3.8) is 0 Å². The summed E-state index contributed by atoms with van der Waals surface area (Å²) in [5.74, 6) is 0.825. The first-order valence-corrected chi connectivity index (χ1v) is 9.45. The molecule has 10 heteroatoms. The van der Waals surface area contributed by atoms with Gasteiger partial charge in [0.25, 0.3) is 0 Å². The maximum Gasteiger partial charge on any atom is 0.306 e. The number of nitrogens with one attached hydrogen (secondary N) is 1. The molecule has 1 fully saturated rings. The van der Waals surface area contributed by atoms with Gasteiger partial charge in [-0.25, -0.2) is 0 Å². The van der Waals surface area contributed by atoms with E-state index in [2.05, 4.69) is 39.4 Å². The van der Waals surface area contributed by atoms with E-state index in [4.69, 9.17) is 4.74 Å². The van der Waals surface area contributed by atoms with Crippen LogP contribution in [-0.4, -0.2) is 58.3 Å². The smallest absolute Gasteiger partial charge is 0.306 e. The van der Waals surface area contributed by atoms with Crippen LogP contribution in [0.1, 0.15) is 24.2 Å². The summed E-state index contributed by atoms with van der Waals surface area (Å²) in [5.41, 5.74) is 2.41. The molecule has 158 valence electrons. The van der Waals surface area contributed by atoms with Crippen LogP contribution in [0.2, 0.25) is 0 Å². The standard InChI is InChI=1S/C19H26N6O3.HI/c1-3-20-19(21-8-9-24-13-16(12-22-24)25(26)27)23-10-11-28-18(14-23)17-7-5-4-6-15(17)2;/h4-7,12-13,18H,3,8-11,14H2,1-2H3,(H,20,21);1H. The molecule has 1 aliphatic heterocycles. The Bertz CT molecular complexity index is 841. The fraction of sp³-hybridized carbons (Fsp3) is 0.474. The normalized spacial score (nSPS) is 17.0. The molecular weight excluding hydrogens is 487 g/mol. The Balaban J connectivity index is 0.00000300. The molecule has 0 bridgehead atoms. The lowest BCUT2D eigenvalue weighted by molar-refractivity contribution is -0.385. The van der Waals surface area contributed by atoms with Crippen molar-refractivity contribution in [2.75, 3.05) is 32.8 Å². The van der Waals surface area contributed by atoms with Crippen molar-refractivity contribution >= 4 is 35.6 Å². The van der Waals surface area contributed by atoms with Crippen LogP contribution < -0.4 is 5.32 Å². The molecule has 9 nitrogen and oxygen atoms in total. The Kier molecular flexibility index (Phi) is 8.83. The van der Waals surface area contributed by atoms with Gasteiger partial charge in [0.2, 0.25) is 0 Å². The van der Waals surface area contributed by atoms with Crippen LogP contribution in [0.25, 0.3) is 0 Å². The molecule has 1 aromatic heterocycles. The largest absolute Gasteiger partial charge is 0.370 e. The third-order valence-electron chi connectivity index (χ3n) is 4.66. The van der Waals surface area contributed by atoms with E-state index in [1.807, 2.05) is 19.1 Å². The summed E-state index contributed by atoms with van der Waals surface area (Å²) in [4.78, 5) is 17.2. The van der Waals surface area contributed by atoms with Crippen molar-refractivity contribution in [3.05, 3.63) is 57.9 Å². The van der Waals surface area contributed by atoms with Gasteiger partial charge in [-0.1, -0.05) is 24.3 Å². The number of morpholine rings is 1. The van der Waals surface area contributed by atoms with E-state index in [1.54, 1.807) is 4.68 Å². The SMILES string of the molecule is CCNC(=NCCn1cc([N+](=O)[O-])cn1)N1CCOC(c2ccccc2C)C1.I. The summed E-state index contributed by atoms with van der Waals surface area (Å²) in [5, 5.41) is 18.1. The van der Waals surface area contributed by atoms with Crippen molar-refractivity contribution < 1.29 is 9.66 Å². The summed E-state index contributed by atoms with van der Waals surface area (Å²) in [7, 11) is 0. The molecule has 1 aliphatic rings. The monoisotopic (exact) mass is 514 g/mol. The van der Waals surface area contributed by atoms with Gasteiger partial charge in [-0.3, -0.25) is 19.8 Å². The number of nitro groups is 1. The molecular formula is C19H27IN6O3. The second-order valence-electron chi connectivity index (χ2n) is 6.62. The summed E-state index contributed by atoms with van der Waals surface area (Å²) in [6.07, 6.45) is 2.68. The van der Waals surface area contributed by atoms with Crippen molar-refractivity contribution in [2.45, 2.75) is 26.5 Å². The molecule has 1 aromatic carbocycles. The maximum absolute atomic E-state index is 10.8. The lowest BCUT2D eigenvalue weighted by Crippen LogP contribution is -2.48. The van der Waals surface area contributed by atoms with Gasteiger partial charge in [0.1, 0.15) is 18.5 Å². The van der Waals surface area contributed by atoms with Crippen LogP contribution >= 0.6 is 24.0 Å². The Morgan fingerprint density at radius 2 is 2.24 bits per heavy atom. The quantitative estimate of drug-likeness (QED) is 0.209. The van der Waals surface area contributed by atoms with E-state index in [1.165, 1.54) is 23.5 Å². The number of benzene rings is 1. The van der Waals surface area contributed by atoms with E-state index in [9.17, 15) is 10.1 Å². The fourth-order valence-electron chi connectivity index (χ4n) is 3.23. The Morgan fingerprint density at radius 3 is 2.93 bits per heavy atom. The zero-order chi connectivity index (χ0) is 19.9. The Morgan fingerprint density at radius 1 is 1.45 bits per heavy atom. The molecule has 0 radical (unpaired) electrons. The zero-order valence-corrected chi connectivity index (χ0v) is 19.0. The highest BCUT2D eigenvalue weighted by Gasteiger charge is 2.25. The molecule has 3 rings (SSSR count). The van der Waals surface area contributed by atoms with Gasteiger partial charge in [-0.15, -0.1) is 24.0 Å². The Labute approximate surface area is 187 Å². The molecule has 29 heavy (non-hydrogen) atoms. The van der Waals surface area contributed by atoms with Crippen LogP contribution in [0.15, 0.2) is 41.7 Å². The zero-order valence-electron chi connectivity index (χ0n) is 16.7. The summed E-state index contributed by atoms with van der Waals surface area (Å²) in [6.45, 7) is 7.98. The summed E-state index contributed by atoms with van der Waals surface area (Å²) >= 11 is 0. The van der Waals surface area contributed by atoms with Gasteiger partial charge in [-0.05, 0) is 25.0 Å². The predicted octanol–water partition coefficient (Wildman–Crippen LogP) is 2.76. The molecule has 0 aliphatic carbocycles. The van der Waals surface area contributed by atoms with E-state index in [0.29, 0.717) is 19.7 Å². The van der Waals surface area contributed by atoms with Gasteiger partial charge in [0.15, 0.2) is 5.96 Å². The van der Waals surface area contributed by atoms with Gasteiger partial charge in [0.05, 0.1) is 31.2 Å². The molecule has 1 saturated heterocycles. The van der Waals surface area contributed by atoms with E-state index < -0.39 is 4.92 Å². The van der Waals surface area contributed by atoms with Gasteiger partial charge in [0, 0.05) is 13.1 Å². The van der Waals surface area contributed by atoms with Crippen LogP contribution in [0.5, 0.6) is 0 Å². The van der Waals surface area contributed by atoms with E-state index in [0.717, 1.165) is 25.6 Å². The summed E-state index contributed by atoms with van der Waals surface area (Å²) in [6, 6.07) is 8.27. The van der Waals surface area contributed by atoms with Crippen LogP contribution in [0.4, 0.5) is 5.69 Å². The molecule has 0 amide bonds. The molecule has 1 atom stereocenters. The van der Waals surface area contributed by atoms with Gasteiger partial charge in [-0.2, -0.15) is 5.10 Å². The number of nitrogens with zero attached hydrogens (tertiary/aromatic N) is 5. The highest BCUT2D eigenvalue weighted by Crippen LogP contribution is 2.25. The Hall–Kier alpha value is -2.21. The first-order valence-electron chi connectivity index (χ1n) is 9.45. The number of aryl methyl sites for hydroxylation is 1. The number of aliphatic imine (C=N–C) groups is 1. The van der Waals surface area contributed by atoms with Crippen molar-refractivity contribution in [2.24, 2.45) is 4.99 Å². The first kappa shape index (κ1) is 23.1. The summed E-state index contributed by atoms with van der Waals surface area (Å²) < 4.78 is 7.54. The maximum atomic E-state index is 10.8. The van der Waals surface area contributed by atoms with Crippen molar-refractivity contribution in [1.29, 1.82) is 0 Å². The van der Waals surface area contributed by atoms with Crippen molar-refractivity contribution in [3.8, 4) is 0 Å². The first-order chi connectivity index (χ1) is 13.6. The van der Waals surface area contributed by atoms with Crippen LogP contribution in [0, 0.1) is 17.0 Å². The molecule has 0 spiro atoms. The predicted molar refractivity (Wildman–Crippen MR) is 122 cm³/mol. The second kappa shape index (κ2) is 11.1. The lowest BCUT2D eigenvalue weighted by atomic mass is 10.0. The lowest BCUT2D eigenvalue weighted by Gasteiger charge is -2.35. The minimum absolute atomic E-state index is 0. The number of hydrogen-bond donors (Lipinski definition) is 1. The van der Waals surface area contributed by atoms with Gasteiger partial charge < -0.3 is 15.0 Å². The molecule has 2 heterocycles. The average molecular weight is 514 g/mol. The number of guanidine groups is 1. The fourth-order valence-corrected chi connectivity index (χ4v) is 3.23. The molecule has 2 aromatic rings. The number of ether oxygens (including phenoxy) is 1. The third-order valence-corrected chi connectivity index (χ3v) is 4.66. The highest BCUT2D eigenvalue weighted by atomic mass is 127. The van der Waals surface area contributed by atoms with Crippen LogP contribution in [0.3, 0.4) is 0 Å². The van der Waals surface area contributed by atoms with E-state index >= 15 is 0 Å².